The van der Waals surface area contributed by atoms with Crippen LogP contribution in [-0.2, 0) is 4.79 Å². The Labute approximate surface area is 178 Å². The summed E-state index contributed by atoms with van der Waals surface area (Å²) in [6, 6.07) is 22.5. The van der Waals surface area contributed by atoms with E-state index >= 15 is 0 Å². The van der Waals surface area contributed by atoms with Crippen molar-refractivity contribution in [3.05, 3.63) is 82.8 Å². The molecule has 3 rings (SSSR count). The summed E-state index contributed by atoms with van der Waals surface area (Å²) in [5.74, 6) is 1.92. The molecule has 1 N–H and O–H groups in total. The van der Waals surface area contributed by atoms with Gasteiger partial charge in [-0.3, -0.25) is 4.79 Å². The number of anilines is 1. The summed E-state index contributed by atoms with van der Waals surface area (Å²) in [4.78, 5) is 12.1. The first-order valence-electron chi connectivity index (χ1n) is 9.20. The molecule has 0 saturated heterocycles. The highest BCUT2D eigenvalue weighted by Gasteiger charge is 2.07. The number of ether oxygens (including phenoxy) is 3. The summed E-state index contributed by atoms with van der Waals surface area (Å²) in [5.41, 5.74) is 1.79. The van der Waals surface area contributed by atoms with Gasteiger partial charge in [-0.25, -0.2) is 0 Å². The monoisotopic (exact) mass is 455 g/mol. The van der Waals surface area contributed by atoms with Gasteiger partial charge in [0.1, 0.15) is 30.5 Å². The Bertz CT molecular complexity index is 929. The largest absolute Gasteiger partial charge is 0.490 e. The quantitative estimate of drug-likeness (QED) is 0.448. The third kappa shape index (κ3) is 6.84. The van der Waals surface area contributed by atoms with Crippen LogP contribution in [0.5, 0.6) is 17.2 Å². The first-order valence-corrected chi connectivity index (χ1v) is 9.99. The van der Waals surface area contributed by atoms with Crippen LogP contribution in [0.15, 0.2) is 77.3 Å². The topological polar surface area (TPSA) is 56.8 Å². The molecule has 0 fully saturated rings. The van der Waals surface area contributed by atoms with E-state index in [-0.39, 0.29) is 12.5 Å². The Kier molecular flexibility index (Phi) is 7.53. The van der Waals surface area contributed by atoms with Crippen molar-refractivity contribution in [2.75, 3.05) is 25.1 Å². The molecule has 0 heterocycles. The van der Waals surface area contributed by atoms with Crippen molar-refractivity contribution < 1.29 is 19.0 Å². The Morgan fingerprint density at radius 3 is 2.17 bits per heavy atom. The summed E-state index contributed by atoms with van der Waals surface area (Å²) in [7, 11) is 0. The van der Waals surface area contributed by atoms with Gasteiger partial charge in [0.2, 0.25) is 0 Å². The lowest BCUT2D eigenvalue weighted by Gasteiger charge is -2.11. The molecule has 1 amide bonds. The molecule has 0 saturated carbocycles. The Balaban J connectivity index is 1.39. The van der Waals surface area contributed by atoms with Crippen LogP contribution in [0.25, 0.3) is 0 Å². The molecule has 29 heavy (non-hydrogen) atoms. The van der Waals surface area contributed by atoms with Crippen molar-refractivity contribution >= 4 is 27.5 Å². The molecule has 0 spiro atoms. The number of halogens is 1. The number of amides is 1. The molecule has 3 aromatic carbocycles. The van der Waals surface area contributed by atoms with Crippen LogP contribution in [0.1, 0.15) is 5.56 Å². The van der Waals surface area contributed by atoms with Gasteiger partial charge in [0.15, 0.2) is 6.61 Å². The van der Waals surface area contributed by atoms with E-state index in [4.69, 9.17) is 14.2 Å². The van der Waals surface area contributed by atoms with E-state index in [2.05, 4.69) is 21.2 Å². The normalized spacial score (nSPS) is 10.3. The highest BCUT2D eigenvalue weighted by molar-refractivity contribution is 9.10. The maximum atomic E-state index is 12.1. The third-order valence-corrected chi connectivity index (χ3v) is 4.57. The molecule has 0 unspecified atom stereocenters. The van der Waals surface area contributed by atoms with Crippen LogP contribution in [-0.4, -0.2) is 25.7 Å². The van der Waals surface area contributed by atoms with Gasteiger partial charge >= 0.3 is 0 Å². The molecule has 150 valence electrons. The van der Waals surface area contributed by atoms with E-state index in [0.29, 0.717) is 30.4 Å². The molecular formula is C23H22BrNO4. The van der Waals surface area contributed by atoms with Gasteiger partial charge in [0, 0.05) is 5.69 Å². The zero-order chi connectivity index (χ0) is 20.5. The average molecular weight is 456 g/mol. The number of hydrogen-bond acceptors (Lipinski definition) is 4. The highest BCUT2D eigenvalue weighted by Crippen LogP contribution is 2.25. The van der Waals surface area contributed by atoms with Crippen molar-refractivity contribution in [2.45, 2.75) is 6.92 Å². The van der Waals surface area contributed by atoms with Crippen molar-refractivity contribution in [3.63, 3.8) is 0 Å². The van der Waals surface area contributed by atoms with Gasteiger partial charge in [-0.2, -0.15) is 0 Å². The Hall–Kier alpha value is -2.99. The first kappa shape index (κ1) is 20.7. The number of carbonyl (C=O) groups is 1. The van der Waals surface area contributed by atoms with Gasteiger partial charge in [0.25, 0.3) is 5.91 Å². The minimum Gasteiger partial charge on any atom is -0.490 e. The Morgan fingerprint density at radius 2 is 1.52 bits per heavy atom. The zero-order valence-electron chi connectivity index (χ0n) is 16.1. The fourth-order valence-corrected chi connectivity index (χ4v) is 3.14. The summed E-state index contributed by atoms with van der Waals surface area (Å²) in [6.45, 7) is 2.80. The smallest absolute Gasteiger partial charge is 0.262 e. The number of benzene rings is 3. The van der Waals surface area contributed by atoms with E-state index < -0.39 is 0 Å². The molecule has 0 radical (unpaired) electrons. The van der Waals surface area contributed by atoms with Crippen LogP contribution in [0.4, 0.5) is 5.69 Å². The first-order chi connectivity index (χ1) is 14.1. The molecule has 3 aromatic rings. The van der Waals surface area contributed by atoms with E-state index in [1.165, 1.54) is 0 Å². The Morgan fingerprint density at radius 1 is 0.862 bits per heavy atom. The summed E-state index contributed by atoms with van der Waals surface area (Å²) >= 11 is 3.43. The minimum atomic E-state index is -0.234. The molecular weight excluding hydrogens is 434 g/mol. The lowest BCUT2D eigenvalue weighted by molar-refractivity contribution is -0.118. The maximum absolute atomic E-state index is 12.1. The number of aryl methyl sites for hydroxylation is 1. The fourth-order valence-electron chi connectivity index (χ4n) is 2.53. The second-order valence-electron chi connectivity index (χ2n) is 6.31. The van der Waals surface area contributed by atoms with E-state index in [1.807, 2.05) is 55.5 Å². The molecule has 0 aliphatic carbocycles. The molecule has 0 aliphatic rings. The van der Waals surface area contributed by atoms with Crippen molar-refractivity contribution in [2.24, 2.45) is 0 Å². The van der Waals surface area contributed by atoms with Crippen LogP contribution in [0.3, 0.4) is 0 Å². The molecule has 0 atom stereocenters. The molecule has 5 nitrogen and oxygen atoms in total. The van der Waals surface area contributed by atoms with E-state index in [0.717, 1.165) is 15.8 Å². The molecule has 6 heteroatoms. The number of rotatable bonds is 9. The third-order valence-electron chi connectivity index (χ3n) is 3.95. The van der Waals surface area contributed by atoms with Gasteiger partial charge < -0.3 is 19.5 Å². The van der Waals surface area contributed by atoms with Crippen molar-refractivity contribution in [1.29, 1.82) is 0 Å². The number of hydrogen-bond donors (Lipinski definition) is 1. The van der Waals surface area contributed by atoms with Gasteiger partial charge in [0.05, 0.1) is 4.47 Å². The summed E-state index contributed by atoms with van der Waals surface area (Å²) in [6.07, 6.45) is 0. The van der Waals surface area contributed by atoms with Gasteiger partial charge in [-0.15, -0.1) is 0 Å². The van der Waals surface area contributed by atoms with Crippen LogP contribution in [0, 0.1) is 6.92 Å². The SMILES string of the molecule is Cc1ccc(OCC(=O)Nc2ccc(OCCOc3ccccc3)cc2)c(Br)c1. The zero-order valence-corrected chi connectivity index (χ0v) is 17.6. The molecule has 0 aromatic heterocycles. The lowest BCUT2D eigenvalue weighted by atomic mass is 10.2. The van der Waals surface area contributed by atoms with Crippen LogP contribution in [0.2, 0.25) is 0 Å². The molecule has 0 bridgehead atoms. The summed E-state index contributed by atoms with van der Waals surface area (Å²) < 4.78 is 17.6. The van der Waals surface area contributed by atoms with Gasteiger partial charge in [-0.1, -0.05) is 24.3 Å². The fraction of sp³-hybridized carbons (Fsp3) is 0.174. The highest BCUT2D eigenvalue weighted by atomic mass is 79.9. The lowest BCUT2D eigenvalue weighted by Crippen LogP contribution is -2.20. The number of nitrogens with one attached hydrogen (secondary N) is 1. The standard InChI is InChI=1S/C23H22BrNO4/c1-17-7-12-22(21(24)15-17)29-16-23(26)25-18-8-10-20(11-9-18)28-14-13-27-19-5-3-2-4-6-19/h2-12,15H,13-14,16H2,1H3,(H,25,26). The van der Waals surface area contributed by atoms with E-state index in [1.54, 1.807) is 24.3 Å². The van der Waals surface area contributed by atoms with E-state index in [9.17, 15) is 4.79 Å². The molecule has 0 aliphatic heterocycles. The van der Waals surface area contributed by atoms with Crippen LogP contribution < -0.4 is 19.5 Å². The van der Waals surface area contributed by atoms with Crippen molar-refractivity contribution in [1.82, 2.24) is 0 Å². The summed E-state index contributed by atoms with van der Waals surface area (Å²) in [5, 5.41) is 2.80. The van der Waals surface area contributed by atoms with Gasteiger partial charge in [-0.05, 0) is 76.9 Å². The number of para-hydroxylation sites is 1. The average Bonchev–Trinajstić information content (AvgIpc) is 2.72. The van der Waals surface area contributed by atoms with Crippen molar-refractivity contribution in [3.8, 4) is 17.2 Å². The second kappa shape index (κ2) is 10.5. The predicted octanol–water partition coefficient (Wildman–Crippen LogP) is 5.23. The maximum Gasteiger partial charge on any atom is 0.262 e. The minimum absolute atomic E-state index is 0.0727. The number of carbonyl (C=O) groups excluding carboxylic acids is 1. The van der Waals surface area contributed by atoms with Crippen LogP contribution >= 0.6 is 15.9 Å². The predicted molar refractivity (Wildman–Crippen MR) is 117 cm³/mol. The second-order valence-corrected chi connectivity index (χ2v) is 7.16.